The lowest BCUT2D eigenvalue weighted by atomic mass is 9.94. The van der Waals surface area contributed by atoms with E-state index < -0.39 is 11.7 Å². The summed E-state index contributed by atoms with van der Waals surface area (Å²) in [6, 6.07) is 3.27. The smallest absolute Gasteiger partial charge is 0.247 e. The van der Waals surface area contributed by atoms with Crippen molar-refractivity contribution in [3.05, 3.63) is 72.7 Å². The van der Waals surface area contributed by atoms with Gasteiger partial charge in [0.1, 0.15) is 11.5 Å². The lowest BCUT2D eigenvalue weighted by Crippen LogP contribution is -2.09. The molecule has 8 nitrogen and oxygen atoms in total. The summed E-state index contributed by atoms with van der Waals surface area (Å²) in [6.07, 6.45) is 10.4. The molecule has 1 aromatic carbocycles. The Balaban J connectivity index is 1.81. The molecule has 5 rings (SSSR count). The number of hydrogen-bond acceptors (Lipinski definition) is 4. The minimum atomic E-state index is -0.427. The number of aromatic nitrogens is 6. The molecule has 2 N–H and O–H groups in total. The number of rotatable bonds is 6. The Labute approximate surface area is 207 Å². The van der Waals surface area contributed by atoms with Crippen molar-refractivity contribution in [1.82, 2.24) is 29.5 Å². The first-order valence-electron chi connectivity index (χ1n) is 11.6. The molecule has 0 saturated carbocycles. The molecule has 0 unspecified atom stereocenters. The maximum atomic E-state index is 15.2. The average Bonchev–Trinajstić information content (AvgIpc) is 3.60. The molecule has 0 radical (unpaired) electrons. The molecule has 0 aliphatic heterocycles. The molecular formula is C27H26FN7O. The van der Waals surface area contributed by atoms with E-state index in [1.165, 1.54) is 6.07 Å². The van der Waals surface area contributed by atoms with E-state index in [4.69, 9.17) is 4.98 Å². The van der Waals surface area contributed by atoms with Gasteiger partial charge in [0.05, 0.1) is 18.1 Å². The fourth-order valence-electron chi connectivity index (χ4n) is 4.47. The number of aryl methyl sites for hydroxylation is 3. The third-order valence-electron chi connectivity index (χ3n) is 6.42. The van der Waals surface area contributed by atoms with Gasteiger partial charge in [0, 0.05) is 71.1 Å². The number of carbonyl (C=O) groups excluding carboxylic acids is 1. The standard InChI is InChI=1S/C27H26FN7O/c1-6-23(36)32-22-9-17(8-21(28)16(22)4)25-24-15(3)20(18-10-31-35(7-2)14-18)12-29-27(24)33-26(25)19-11-30-34(5)13-19/h6,8-14H,1,7H2,2-5H3,(H,29,33)(H,32,36). The Hall–Kier alpha value is -4.53. The number of anilines is 1. The van der Waals surface area contributed by atoms with Gasteiger partial charge in [-0.1, -0.05) is 6.58 Å². The molecule has 0 fully saturated rings. The molecule has 36 heavy (non-hydrogen) atoms. The zero-order valence-corrected chi connectivity index (χ0v) is 20.6. The van der Waals surface area contributed by atoms with Gasteiger partial charge in [-0.05, 0) is 50.1 Å². The number of aromatic amines is 1. The number of carbonyl (C=O) groups is 1. The summed E-state index contributed by atoms with van der Waals surface area (Å²) in [7, 11) is 1.84. The second-order valence-electron chi connectivity index (χ2n) is 8.71. The molecule has 4 aromatic heterocycles. The van der Waals surface area contributed by atoms with E-state index in [-0.39, 0.29) is 0 Å². The highest BCUT2D eigenvalue weighted by Crippen LogP contribution is 2.42. The topological polar surface area (TPSA) is 93.4 Å². The first kappa shape index (κ1) is 23.2. The zero-order valence-electron chi connectivity index (χ0n) is 20.6. The van der Waals surface area contributed by atoms with Gasteiger partial charge in [-0.25, -0.2) is 9.37 Å². The summed E-state index contributed by atoms with van der Waals surface area (Å²) in [6.45, 7) is 9.95. The van der Waals surface area contributed by atoms with Crippen molar-refractivity contribution in [1.29, 1.82) is 0 Å². The van der Waals surface area contributed by atoms with E-state index in [9.17, 15) is 4.79 Å². The van der Waals surface area contributed by atoms with E-state index in [0.29, 0.717) is 22.5 Å². The van der Waals surface area contributed by atoms with Crippen LogP contribution in [0.25, 0.3) is 44.5 Å². The Kier molecular flexibility index (Phi) is 5.75. The summed E-state index contributed by atoms with van der Waals surface area (Å²) in [5, 5.41) is 12.3. The number of pyridine rings is 1. The number of nitrogens with zero attached hydrogens (tertiary/aromatic N) is 5. The third-order valence-corrected chi connectivity index (χ3v) is 6.42. The number of hydrogen-bond donors (Lipinski definition) is 2. The first-order valence-corrected chi connectivity index (χ1v) is 11.6. The van der Waals surface area contributed by atoms with Crippen LogP contribution in [0, 0.1) is 19.7 Å². The molecule has 0 spiro atoms. The van der Waals surface area contributed by atoms with E-state index in [1.54, 1.807) is 23.9 Å². The van der Waals surface area contributed by atoms with Gasteiger partial charge < -0.3 is 10.3 Å². The van der Waals surface area contributed by atoms with Gasteiger partial charge in [-0.15, -0.1) is 0 Å². The van der Waals surface area contributed by atoms with Crippen molar-refractivity contribution >= 4 is 22.6 Å². The third kappa shape index (κ3) is 3.88. The van der Waals surface area contributed by atoms with Gasteiger partial charge in [-0.3, -0.25) is 14.2 Å². The average molecular weight is 484 g/mol. The van der Waals surface area contributed by atoms with Gasteiger partial charge in [0.25, 0.3) is 0 Å². The van der Waals surface area contributed by atoms with Crippen LogP contribution in [0.1, 0.15) is 18.1 Å². The van der Waals surface area contributed by atoms with Crippen molar-refractivity contribution in [2.24, 2.45) is 7.05 Å². The fourth-order valence-corrected chi connectivity index (χ4v) is 4.47. The Bertz CT molecular complexity index is 1640. The number of benzene rings is 1. The summed E-state index contributed by atoms with van der Waals surface area (Å²) >= 11 is 0. The van der Waals surface area contributed by atoms with Gasteiger partial charge in [0.15, 0.2) is 0 Å². The normalized spacial score (nSPS) is 11.2. The minimum Gasteiger partial charge on any atom is -0.339 e. The van der Waals surface area contributed by atoms with Crippen LogP contribution >= 0.6 is 0 Å². The highest BCUT2D eigenvalue weighted by atomic mass is 19.1. The predicted molar refractivity (Wildman–Crippen MR) is 139 cm³/mol. The lowest BCUT2D eigenvalue weighted by molar-refractivity contribution is -0.111. The Morgan fingerprint density at radius 3 is 2.56 bits per heavy atom. The number of halogens is 1. The molecule has 0 aliphatic rings. The number of amides is 1. The molecule has 0 atom stereocenters. The maximum absolute atomic E-state index is 15.2. The minimum absolute atomic E-state index is 0.347. The van der Waals surface area contributed by atoms with Crippen LogP contribution in [0.4, 0.5) is 10.1 Å². The molecular weight excluding hydrogens is 457 g/mol. The van der Waals surface area contributed by atoms with E-state index >= 15 is 4.39 Å². The largest absolute Gasteiger partial charge is 0.339 e. The van der Waals surface area contributed by atoms with E-state index in [1.807, 2.05) is 50.4 Å². The number of H-pyrrole nitrogens is 1. The SMILES string of the molecule is C=CC(=O)Nc1cc(-c2c(-c3cnn(C)c3)[nH]c3ncc(-c4cnn(CC)c4)c(C)c23)cc(F)c1C. The summed E-state index contributed by atoms with van der Waals surface area (Å²) in [5.74, 6) is -0.835. The molecule has 4 heterocycles. The fraction of sp³-hybridized carbons (Fsp3) is 0.185. The van der Waals surface area contributed by atoms with Crippen LogP contribution in [-0.4, -0.2) is 35.4 Å². The first-order chi connectivity index (χ1) is 17.3. The second kappa shape index (κ2) is 8.92. The van der Waals surface area contributed by atoms with E-state index in [2.05, 4.69) is 27.1 Å². The summed E-state index contributed by atoms with van der Waals surface area (Å²) < 4.78 is 18.8. The van der Waals surface area contributed by atoms with E-state index in [0.717, 1.165) is 51.5 Å². The number of fused-ring (bicyclic) bond motifs is 1. The summed E-state index contributed by atoms with van der Waals surface area (Å²) in [4.78, 5) is 20.2. The van der Waals surface area contributed by atoms with Crippen molar-refractivity contribution in [2.75, 3.05) is 5.32 Å². The molecule has 5 aromatic rings. The second-order valence-corrected chi connectivity index (χ2v) is 8.71. The monoisotopic (exact) mass is 483 g/mol. The van der Waals surface area contributed by atoms with Crippen LogP contribution in [0.15, 0.2) is 55.8 Å². The molecule has 9 heteroatoms. The Morgan fingerprint density at radius 1 is 1.11 bits per heavy atom. The van der Waals surface area contributed by atoms with Crippen molar-refractivity contribution in [3.63, 3.8) is 0 Å². The van der Waals surface area contributed by atoms with Gasteiger partial charge >= 0.3 is 0 Å². The van der Waals surface area contributed by atoms with Crippen molar-refractivity contribution < 1.29 is 9.18 Å². The van der Waals surface area contributed by atoms with Crippen LogP contribution in [-0.2, 0) is 18.4 Å². The van der Waals surface area contributed by atoms with Crippen molar-refractivity contribution in [3.8, 4) is 33.5 Å². The molecule has 0 saturated heterocycles. The molecule has 1 amide bonds. The lowest BCUT2D eigenvalue weighted by Gasteiger charge is -2.13. The maximum Gasteiger partial charge on any atom is 0.247 e. The molecule has 182 valence electrons. The highest BCUT2D eigenvalue weighted by Gasteiger charge is 2.22. The van der Waals surface area contributed by atoms with Crippen LogP contribution in [0.2, 0.25) is 0 Å². The van der Waals surface area contributed by atoms with Crippen LogP contribution < -0.4 is 5.32 Å². The van der Waals surface area contributed by atoms with Crippen LogP contribution in [0.5, 0.6) is 0 Å². The highest BCUT2D eigenvalue weighted by molar-refractivity contribution is 6.07. The van der Waals surface area contributed by atoms with Crippen molar-refractivity contribution in [2.45, 2.75) is 27.3 Å². The molecule has 0 aliphatic carbocycles. The predicted octanol–water partition coefficient (Wildman–Crippen LogP) is 5.39. The van der Waals surface area contributed by atoms with Gasteiger partial charge in [-0.2, -0.15) is 10.2 Å². The number of nitrogens with one attached hydrogen (secondary N) is 2. The summed E-state index contributed by atoms with van der Waals surface area (Å²) in [5.41, 5.74) is 7.25. The molecule has 0 bridgehead atoms. The quantitative estimate of drug-likeness (QED) is 0.317. The Morgan fingerprint density at radius 2 is 1.89 bits per heavy atom. The zero-order chi connectivity index (χ0) is 25.6. The van der Waals surface area contributed by atoms with Gasteiger partial charge in [0.2, 0.25) is 5.91 Å². The van der Waals surface area contributed by atoms with Crippen LogP contribution in [0.3, 0.4) is 0 Å².